The van der Waals surface area contributed by atoms with Gasteiger partial charge in [-0.15, -0.1) is 0 Å². The Hall–Kier alpha value is -1.18. The first-order valence-corrected chi connectivity index (χ1v) is 10.4. The summed E-state index contributed by atoms with van der Waals surface area (Å²) >= 11 is 9.43. The SMILES string of the molecule is CS(=O)(=O)c1cnc(N2CCCC2c2ccc(Br)c(F)c2)c(Cl)c1. The first kappa shape index (κ1) is 17.6. The zero-order chi connectivity index (χ0) is 17.5. The number of sulfone groups is 1. The molecule has 2 heterocycles. The van der Waals surface area contributed by atoms with E-state index in [1.54, 1.807) is 6.07 Å². The van der Waals surface area contributed by atoms with Gasteiger partial charge in [0.15, 0.2) is 9.84 Å². The quantitative estimate of drug-likeness (QED) is 0.721. The van der Waals surface area contributed by atoms with E-state index in [1.807, 2.05) is 11.0 Å². The highest BCUT2D eigenvalue weighted by molar-refractivity contribution is 9.10. The molecule has 8 heteroatoms. The van der Waals surface area contributed by atoms with Gasteiger partial charge < -0.3 is 4.90 Å². The van der Waals surface area contributed by atoms with Gasteiger partial charge in [0.2, 0.25) is 0 Å². The van der Waals surface area contributed by atoms with Gasteiger partial charge in [-0.1, -0.05) is 17.7 Å². The van der Waals surface area contributed by atoms with Gasteiger partial charge in [0.1, 0.15) is 11.6 Å². The molecule has 1 aromatic heterocycles. The second-order valence-corrected chi connectivity index (χ2v) is 9.05. The van der Waals surface area contributed by atoms with Crippen molar-refractivity contribution in [2.24, 2.45) is 0 Å². The number of pyridine rings is 1. The smallest absolute Gasteiger partial charge is 0.177 e. The first-order chi connectivity index (χ1) is 11.3. The predicted molar refractivity (Wildman–Crippen MR) is 95.8 cm³/mol. The molecule has 24 heavy (non-hydrogen) atoms. The van der Waals surface area contributed by atoms with Crippen LogP contribution in [0.2, 0.25) is 5.02 Å². The summed E-state index contributed by atoms with van der Waals surface area (Å²) in [6.45, 7) is 0.729. The summed E-state index contributed by atoms with van der Waals surface area (Å²) in [4.78, 5) is 6.34. The molecule has 3 rings (SSSR count). The molecule has 4 nitrogen and oxygen atoms in total. The van der Waals surface area contributed by atoms with Crippen molar-refractivity contribution >= 4 is 43.2 Å². The Balaban J connectivity index is 1.97. The lowest BCUT2D eigenvalue weighted by Gasteiger charge is -2.27. The standard InChI is InChI=1S/C16H15BrClFN2O2S/c1-24(22,23)11-8-13(18)16(20-9-11)21-6-2-3-15(21)10-4-5-12(17)14(19)7-10/h4-5,7-9,15H,2-3,6H2,1H3. The Morgan fingerprint density at radius 2 is 2.12 bits per heavy atom. The molecule has 0 spiro atoms. The average molecular weight is 434 g/mol. The normalized spacial score (nSPS) is 18.2. The molecule has 0 amide bonds. The van der Waals surface area contributed by atoms with Crippen LogP contribution in [-0.4, -0.2) is 26.2 Å². The van der Waals surface area contributed by atoms with E-state index in [0.29, 0.717) is 10.3 Å². The molecule has 1 atom stereocenters. The van der Waals surface area contributed by atoms with Crippen LogP contribution in [-0.2, 0) is 9.84 Å². The van der Waals surface area contributed by atoms with Gasteiger partial charge in [0.25, 0.3) is 0 Å². The Bertz CT molecular complexity index is 892. The summed E-state index contributed by atoms with van der Waals surface area (Å²) in [7, 11) is -3.36. The van der Waals surface area contributed by atoms with Gasteiger partial charge in [0, 0.05) is 19.0 Å². The molecule has 1 aromatic carbocycles. The summed E-state index contributed by atoms with van der Waals surface area (Å²) in [5.41, 5.74) is 0.846. The molecule has 1 unspecified atom stereocenters. The van der Waals surface area contributed by atoms with Gasteiger partial charge in [-0.05, 0) is 52.5 Å². The minimum atomic E-state index is -3.36. The van der Waals surface area contributed by atoms with Crippen LogP contribution in [0.25, 0.3) is 0 Å². The van der Waals surface area contributed by atoms with Crippen LogP contribution in [0.1, 0.15) is 24.4 Å². The van der Waals surface area contributed by atoms with Gasteiger partial charge in [-0.2, -0.15) is 0 Å². The summed E-state index contributed by atoms with van der Waals surface area (Å²) in [5.74, 6) is 0.209. The van der Waals surface area contributed by atoms with Gasteiger partial charge in [-0.25, -0.2) is 17.8 Å². The molecule has 0 radical (unpaired) electrons. The summed E-state index contributed by atoms with van der Waals surface area (Å²) in [6.07, 6.45) is 4.21. The molecular formula is C16H15BrClFN2O2S. The van der Waals surface area contributed by atoms with E-state index in [2.05, 4.69) is 20.9 Å². The Morgan fingerprint density at radius 3 is 2.75 bits per heavy atom. The van der Waals surface area contributed by atoms with Gasteiger partial charge in [0.05, 0.1) is 20.4 Å². The topological polar surface area (TPSA) is 50.3 Å². The summed E-state index contributed by atoms with van der Waals surface area (Å²) < 4.78 is 37.5. The van der Waals surface area contributed by atoms with Crippen LogP contribution in [0.4, 0.5) is 10.2 Å². The predicted octanol–water partition coefficient (Wildman–Crippen LogP) is 4.38. The zero-order valence-electron chi connectivity index (χ0n) is 12.8. The lowest BCUT2D eigenvalue weighted by molar-refractivity contribution is 0.601. The first-order valence-electron chi connectivity index (χ1n) is 7.34. The zero-order valence-corrected chi connectivity index (χ0v) is 16.0. The maximum atomic E-state index is 13.9. The van der Waals surface area contributed by atoms with Gasteiger partial charge >= 0.3 is 0 Å². The van der Waals surface area contributed by atoms with E-state index < -0.39 is 9.84 Å². The molecule has 1 aliphatic rings. The molecular weight excluding hydrogens is 419 g/mol. The largest absolute Gasteiger partial charge is 0.348 e. The van der Waals surface area contributed by atoms with E-state index in [4.69, 9.17) is 11.6 Å². The summed E-state index contributed by atoms with van der Waals surface area (Å²) in [5, 5.41) is 0.280. The number of nitrogens with zero attached hydrogens (tertiary/aromatic N) is 2. The fourth-order valence-corrected chi connectivity index (χ4v) is 4.08. The minimum absolute atomic E-state index is 0.0401. The van der Waals surface area contributed by atoms with Crippen LogP contribution >= 0.6 is 27.5 Å². The van der Waals surface area contributed by atoms with E-state index in [1.165, 1.54) is 18.3 Å². The van der Waals surface area contributed by atoms with Crippen LogP contribution < -0.4 is 4.90 Å². The lowest BCUT2D eigenvalue weighted by Crippen LogP contribution is -2.24. The third-order valence-electron chi connectivity index (χ3n) is 4.08. The van der Waals surface area contributed by atoms with E-state index in [0.717, 1.165) is 31.2 Å². The maximum Gasteiger partial charge on any atom is 0.177 e. The second-order valence-electron chi connectivity index (χ2n) is 5.77. The van der Waals surface area contributed by atoms with Crippen molar-refractivity contribution in [1.82, 2.24) is 4.98 Å². The summed E-state index contributed by atoms with van der Waals surface area (Å²) in [6, 6.07) is 6.43. The molecule has 1 fully saturated rings. The van der Waals surface area contributed by atoms with Crippen molar-refractivity contribution in [3.05, 3.63) is 51.3 Å². The third-order valence-corrected chi connectivity index (χ3v) is 6.08. The molecule has 1 saturated heterocycles. The number of rotatable bonds is 3. The fraction of sp³-hybridized carbons (Fsp3) is 0.312. The van der Waals surface area contributed by atoms with Crippen molar-refractivity contribution in [3.63, 3.8) is 0 Å². The van der Waals surface area contributed by atoms with Crippen molar-refractivity contribution in [3.8, 4) is 0 Å². The monoisotopic (exact) mass is 432 g/mol. The van der Waals surface area contributed by atoms with E-state index >= 15 is 0 Å². The number of benzene rings is 1. The van der Waals surface area contributed by atoms with Gasteiger partial charge in [-0.3, -0.25) is 0 Å². The molecule has 128 valence electrons. The van der Waals surface area contributed by atoms with Crippen molar-refractivity contribution < 1.29 is 12.8 Å². The van der Waals surface area contributed by atoms with Crippen LogP contribution in [0.3, 0.4) is 0 Å². The van der Waals surface area contributed by atoms with Crippen LogP contribution in [0.15, 0.2) is 39.8 Å². The Morgan fingerprint density at radius 1 is 1.38 bits per heavy atom. The number of hydrogen-bond acceptors (Lipinski definition) is 4. The number of aromatic nitrogens is 1. The molecule has 0 bridgehead atoms. The van der Waals surface area contributed by atoms with Crippen LogP contribution in [0, 0.1) is 5.82 Å². The highest BCUT2D eigenvalue weighted by Gasteiger charge is 2.29. The highest BCUT2D eigenvalue weighted by Crippen LogP contribution is 2.39. The number of anilines is 1. The van der Waals surface area contributed by atoms with E-state index in [9.17, 15) is 12.8 Å². The third kappa shape index (κ3) is 3.43. The molecule has 0 saturated carbocycles. The van der Waals surface area contributed by atoms with E-state index in [-0.39, 0.29) is 21.8 Å². The molecule has 0 N–H and O–H groups in total. The van der Waals surface area contributed by atoms with Crippen molar-refractivity contribution in [2.45, 2.75) is 23.8 Å². The fourth-order valence-electron chi connectivity index (χ4n) is 2.91. The Labute approximate surface area is 153 Å². The number of halogens is 3. The molecule has 1 aliphatic heterocycles. The van der Waals surface area contributed by atoms with Crippen molar-refractivity contribution in [2.75, 3.05) is 17.7 Å². The lowest BCUT2D eigenvalue weighted by atomic mass is 10.0. The Kier molecular flexibility index (Phi) is 4.86. The number of hydrogen-bond donors (Lipinski definition) is 0. The molecule has 0 aliphatic carbocycles. The molecule has 2 aromatic rings. The minimum Gasteiger partial charge on any atom is -0.348 e. The highest BCUT2D eigenvalue weighted by atomic mass is 79.9. The average Bonchev–Trinajstić information content (AvgIpc) is 2.98. The van der Waals surface area contributed by atoms with Crippen molar-refractivity contribution in [1.29, 1.82) is 0 Å². The van der Waals surface area contributed by atoms with Crippen LogP contribution in [0.5, 0.6) is 0 Å². The maximum absolute atomic E-state index is 13.9. The second kappa shape index (κ2) is 6.61.